The number of carbonyl (C=O) groups excluding carboxylic acids is 5. The van der Waals surface area contributed by atoms with E-state index in [0.717, 1.165) is 33.4 Å². The summed E-state index contributed by atoms with van der Waals surface area (Å²) in [4.78, 5) is 74.5. The number of hydrogen-bond donors (Lipinski definition) is 6. The maximum Gasteiger partial charge on any atom is 0.326 e. The number of aliphatic hydroxyl groups excluding tert-OH is 1. The van der Waals surface area contributed by atoms with Gasteiger partial charge in [-0.2, -0.15) is 12.6 Å². The molecule has 13 heteroatoms. The van der Waals surface area contributed by atoms with Crippen molar-refractivity contribution in [3.8, 4) is 0 Å². The van der Waals surface area contributed by atoms with E-state index in [1.54, 1.807) is 13.8 Å². The maximum atomic E-state index is 13.3. The Hall–Kier alpha value is -5.37. The van der Waals surface area contributed by atoms with Crippen LogP contribution in [0.5, 0.6) is 0 Å². The zero-order chi connectivity index (χ0) is 48.4. The van der Waals surface area contributed by atoms with E-state index in [1.165, 1.54) is 7.05 Å². The lowest BCUT2D eigenvalue weighted by Crippen LogP contribution is -2.50. The number of ether oxygens (including phenoxy) is 1. The van der Waals surface area contributed by atoms with E-state index in [4.69, 9.17) is 9.84 Å². The number of nitrogens with one attached hydrogen (secondary N) is 3. The molecule has 4 atom stereocenters. The number of carbonyl (C=O) groups is 6. The third-order valence-electron chi connectivity index (χ3n) is 11.1. The molecule has 2 rings (SSSR count). The van der Waals surface area contributed by atoms with Crippen molar-refractivity contribution in [2.24, 2.45) is 10.8 Å². The summed E-state index contributed by atoms with van der Waals surface area (Å²) in [5.41, 5.74) is 6.26. The van der Waals surface area contributed by atoms with Gasteiger partial charge in [0.05, 0.1) is 0 Å². The molecule has 5 N–H and O–H groups in total. The summed E-state index contributed by atoms with van der Waals surface area (Å²) < 4.78 is 5.52. The summed E-state index contributed by atoms with van der Waals surface area (Å²) in [6.07, 6.45) is 26.4. The monoisotopic (exact) mass is 899 g/mol. The molecular weight excluding hydrogens is 831 g/mol. The number of hydrogen-bond acceptors (Lipinski definition) is 10. The molecule has 0 spiro atoms. The van der Waals surface area contributed by atoms with Crippen LogP contribution < -0.4 is 16.0 Å². The van der Waals surface area contributed by atoms with Gasteiger partial charge < -0.3 is 30.9 Å². The van der Waals surface area contributed by atoms with Crippen LogP contribution in [0, 0.1) is 10.8 Å². The number of allylic oxidation sites excluding steroid dienone is 20. The van der Waals surface area contributed by atoms with Crippen LogP contribution in [0.4, 0.5) is 0 Å². The number of amides is 2. The normalized spacial score (nSPS) is 21.2. The van der Waals surface area contributed by atoms with E-state index in [-0.39, 0.29) is 42.0 Å². The van der Waals surface area contributed by atoms with Gasteiger partial charge in [0, 0.05) is 18.6 Å². The van der Waals surface area contributed by atoms with Crippen LogP contribution in [0.1, 0.15) is 94.9 Å². The number of rotatable bonds is 21. The summed E-state index contributed by atoms with van der Waals surface area (Å²) in [7, 11) is 1.47. The Morgan fingerprint density at radius 3 is 1.70 bits per heavy atom. The third kappa shape index (κ3) is 17.7. The Morgan fingerprint density at radius 1 is 0.750 bits per heavy atom. The Morgan fingerprint density at radius 2 is 1.22 bits per heavy atom. The first-order valence-corrected chi connectivity index (χ1v) is 22.1. The largest absolute Gasteiger partial charge is 0.480 e. The fourth-order valence-corrected chi connectivity index (χ4v) is 7.56. The van der Waals surface area contributed by atoms with E-state index in [1.807, 2.05) is 140 Å². The van der Waals surface area contributed by atoms with Crippen LogP contribution in [0.2, 0.25) is 0 Å². The van der Waals surface area contributed by atoms with Crippen molar-refractivity contribution in [2.45, 2.75) is 119 Å². The topological polar surface area (TPSA) is 188 Å². The minimum absolute atomic E-state index is 0.0189. The van der Waals surface area contributed by atoms with Crippen LogP contribution in [0.15, 0.2) is 130 Å². The van der Waals surface area contributed by atoms with Gasteiger partial charge in [0.25, 0.3) is 0 Å². The summed E-state index contributed by atoms with van der Waals surface area (Å²) in [6.45, 7) is 19.0. The minimum atomic E-state index is -1.10. The molecule has 12 nitrogen and oxygen atoms in total. The molecule has 0 aliphatic heterocycles. The lowest BCUT2D eigenvalue weighted by atomic mass is 9.71. The number of Topliss-reactive ketones (excluding diaryl/α,β-unsaturated/α-hetero) is 2. The standard InChI is InChI=1S/C51H69N3O9S/c1-32(18-14-20-34(3)22-24-38-36(5)46(58)42(55)28-50(38,7)8)16-12-13-17-33(2)19-15-21-35(4)23-25-39-37(6)47(59)43(29-51(39,9)10)63-45(57)30-53-48(60)41(31-64)54-44(56)27-26-40(52-11)49(61)62/h12-25,40-43,52,55,64H,26-31H2,1-11H3,(H,53,60)(H,54,56)(H,61,62)/b13-12+,18-14+,19-15+,24-22+,25-23+,32-16+,33-17+,34-20+,35-21+. The first-order valence-electron chi connectivity index (χ1n) is 21.5. The number of carboxylic acids is 1. The second-order valence-corrected chi connectivity index (χ2v) is 18.0. The Balaban J connectivity index is 1.94. The highest BCUT2D eigenvalue weighted by Crippen LogP contribution is 2.41. The highest BCUT2D eigenvalue weighted by atomic mass is 32.1. The molecule has 0 aromatic heterocycles. The molecule has 2 aliphatic carbocycles. The minimum Gasteiger partial charge on any atom is -0.480 e. The highest BCUT2D eigenvalue weighted by Gasteiger charge is 2.40. The lowest BCUT2D eigenvalue weighted by molar-refractivity contribution is -0.155. The van der Waals surface area contributed by atoms with E-state index in [9.17, 15) is 33.9 Å². The van der Waals surface area contributed by atoms with Gasteiger partial charge in [0.2, 0.25) is 11.8 Å². The smallest absolute Gasteiger partial charge is 0.326 e. The summed E-state index contributed by atoms with van der Waals surface area (Å²) in [5, 5.41) is 26.7. The van der Waals surface area contributed by atoms with Gasteiger partial charge in [0.15, 0.2) is 17.7 Å². The highest BCUT2D eigenvalue weighted by molar-refractivity contribution is 7.80. The van der Waals surface area contributed by atoms with Crippen molar-refractivity contribution in [1.29, 1.82) is 0 Å². The molecule has 0 saturated carbocycles. The summed E-state index contributed by atoms with van der Waals surface area (Å²) in [6, 6.07) is -1.98. The van der Waals surface area contributed by atoms with E-state index < -0.39 is 60.0 Å². The van der Waals surface area contributed by atoms with Crippen LogP contribution in [-0.4, -0.2) is 89.2 Å². The number of thiol groups is 1. The van der Waals surface area contributed by atoms with Gasteiger partial charge in [-0.3, -0.25) is 28.8 Å². The molecule has 0 fully saturated rings. The fourth-order valence-electron chi connectivity index (χ4n) is 7.30. The van der Waals surface area contributed by atoms with Gasteiger partial charge in [0.1, 0.15) is 24.7 Å². The van der Waals surface area contributed by atoms with Gasteiger partial charge in [-0.1, -0.05) is 135 Å². The molecular formula is C51H69N3O9S. The fraction of sp³-hybridized carbons (Fsp3) is 0.451. The molecule has 348 valence electrons. The third-order valence-corrected chi connectivity index (χ3v) is 11.5. The van der Waals surface area contributed by atoms with Gasteiger partial charge >= 0.3 is 11.9 Å². The predicted octanol–water partition coefficient (Wildman–Crippen LogP) is 7.44. The predicted molar refractivity (Wildman–Crippen MR) is 257 cm³/mol. The zero-order valence-corrected chi connectivity index (χ0v) is 40.2. The molecule has 4 unspecified atom stereocenters. The molecule has 0 aromatic carbocycles. The molecule has 64 heavy (non-hydrogen) atoms. The Kier molecular flexibility index (Phi) is 22.1. The lowest BCUT2D eigenvalue weighted by Gasteiger charge is -2.36. The molecule has 0 bridgehead atoms. The number of likely N-dealkylation sites (N-methyl/N-ethyl adjacent to an activating group) is 1. The molecule has 0 heterocycles. The van der Waals surface area contributed by atoms with Crippen molar-refractivity contribution in [1.82, 2.24) is 16.0 Å². The molecule has 0 saturated heterocycles. The van der Waals surface area contributed by atoms with E-state index >= 15 is 0 Å². The van der Waals surface area contributed by atoms with Gasteiger partial charge in [-0.05, 0) is 94.6 Å². The molecule has 0 radical (unpaired) electrons. The number of esters is 1. The first kappa shape index (κ1) is 54.8. The maximum absolute atomic E-state index is 13.3. The molecule has 0 aromatic rings. The average Bonchev–Trinajstić information content (AvgIpc) is 3.21. The van der Waals surface area contributed by atoms with Crippen LogP contribution in [0.3, 0.4) is 0 Å². The van der Waals surface area contributed by atoms with Crippen molar-refractivity contribution in [3.63, 3.8) is 0 Å². The quantitative estimate of drug-likeness (QED) is 0.0384. The average molecular weight is 900 g/mol. The first-order chi connectivity index (χ1) is 29.9. The van der Waals surface area contributed by atoms with E-state index in [2.05, 4.69) is 28.6 Å². The number of ketones is 2. The van der Waals surface area contributed by atoms with E-state index in [0.29, 0.717) is 17.6 Å². The zero-order valence-electron chi connectivity index (χ0n) is 39.3. The molecule has 2 aliphatic rings. The second kappa shape index (κ2) is 25.8. The van der Waals surface area contributed by atoms with Crippen LogP contribution >= 0.6 is 12.6 Å². The summed E-state index contributed by atoms with van der Waals surface area (Å²) in [5.74, 6) is -3.69. The second-order valence-electron chi connectivity index (χ2n) is 17.6. The van der Waals surface area contributed by atoms with Crippen molar-refractivity contribution >= 4 is 47.9 Å². The van der Waals surface area contributed by atoms with Crippen molar-refractivity contribution < 1.29 is 43.7 Å². The SMILES string of the molecule is CNC(CCC(=O)NC(CS)C(=O)NCC(=O)OC1CC(C)(C)C(/C=C/C(C)=C/C=C/C(C)=C/C=C/C=C(C)/C=C/C=C(C)/C=C/C2=C(C)C(=O)C(O)CC2(C)C)=C(C)C1=O)C(=O)O. The van der Waals surface area contributed by atoms with Gasteiger partial charge in [-0.25, -0.2) is 0 Å². The van der Waals surface area contributed by atoms with Crippen molar-refractivity contribution in [3.05, 3.63) is 130 Å². The summed E-state index contributed by atoms with van der Waals surface area (Å²) >= 11 is 4.11. The number of aliphatic carboxylic acids is 1. The molecule has 2 amide bonds. The van der Waals surface area contributed by atoms with Gasteiger partial charge in [-0.15, -0.1) is 0 Å². The Labute approximate surface area is 385 Å². The number of aliphatic hydroxyl groups is 1. The van der Waals surface area contributed by atoms with Crippen molar-refractivity contribution in [2.75, 3.05) is 19.3 Å². The number of carboxylic acid groups (broad SMARTS) is 1. The Bertz CT molecular complexity index is 2120. The van der Waals surface area contributed by atoms with Crippen LogP contribution in [-0.2, 0) is 33.5 Å². The van der Waals surface area contributed by atoms with Crippen LogP contribution in [0.25, 0.3) is 0 Å².